The van der Waals surface area contributed by atoms with Crippen molar-refractivity contribution in [1.82, 2.24) is 4.98 Å². The first kappa shape index (κ1) is 12.0. The van der Waals surface area contributed by atoms with E-state index in [1.165, 1.54) is 24.5 Å². The molecule has 0 fully saturated rings. The Bertz CT molecular complexity index is 297. The molecule has 84 valence electrons. The largest absolute Gasteiger partial charge is 0.396 e. The number of aromatic nitrogens is 1. The Labute approximate surface area is 87.3 Å². The van der Waals surface area contributed by atoms with E-state index in [0.29, 0.717) is 0 Å². The first-order valence-corrected chi connectivity index (χ1v) is 4.69. The van der Waals surface area contributed by atoms with Crippen molar-refractivity contribution in [2.45, 2.75) is 32.9 Å². The van der Waals surface area contributed by atoms with E-state index < -0.39 is 17.5 Å². The van der Waals surface area contributed by atoms with Gasteiger partial charge in [-0.2, -0.15) is 13.2 Å². The zero-order chi connectivity index (χ0) is 11.7. The van der Waals surface area contributed by atoms with Crippen LogP contribution in [0, 0.1) is 5.41 Å². The molecule has 0 N–H and O–H groups in total. The van der Waals surface area contributed by atoms with Gasteiger partial charge in [0.1, 0.15) is 0 Å². The van der Waals surface area contributed by atoms with Crippen molar-refractivity contribution >= 4 is 0 Å². The Morgan fingerprint density at radius 3 is 1.87 bits per heavy atom. The molecule has 0 amide bonds. The number of rotatable bonds is 1. The van der Waals surface area contributed by atoms with Gasteiger partial charge in [-0.25, -0.2) is 0 Å². The van der Waals surface area contributed by atoms with Crippen LogP contribution in [0.3, 0.4) is 0 Å². The van der Waals surface area contributed by atoms with Gasteiger partial charge < -0.3 is 0 Å². The topological polar surface area (TPSA) is 12.9 Å². The summed E-state index contributed by atoms with van der Waals surface area (Å²) in [7, 11) is 0. The third-order valence-electron chi connectivity index (χ3n) is 2.23. The Balaban J connectivity index is 3.15. The van der Waals surface area contributed by atoms with Crippen LogP contribution in [0.2, 0.25) is 0 Å². The van der Waals surface area contributed by atoms with E-state index in [1.807, 2.05) is 0 Å². The van der Waals surface area contributed by atoms with Crippen LogP contribution in [0.25, 0.3) is 0 Å². The second-order valence-corrected chi connectivity index (χ2v) is 4.62. The van der Waals surface area contributed by atoms with E-state index in [4.69, 9.17) is 0 Å². The first-order chi connectivity index (χ1) is 6.73. The summed E-state index contributed by atoms with van der Waals surface area (Å²) in [5, 5.41) is 0. The molecule has 0 saturated carbocycles. The van der Waals surface area contributed by atoms with Crippen molar-refractivity contribution < 1.29 is 13.2 Å². The van der Waals surface area contributed by atoms with Crippen molar-refractivity contribution in [3.63, 3.8) is 0 Å². The van der Waals surface area contributed by atoms with Crippen LogP contribution in [0.15, 0.2) is 24.5 Å². The summed E-state index contributed by atoms with van der Waals surface area (Å²) >= 11 is 0. The molecular weight excluding hydrogens is 203 g/mol. The molecule has 0 radical (unpaired) electrons. The molecule has 1 nitrogen and oxygen atoms in total. The van der Waals surface area contributed by atoms with Gasteiger partial charge in [-0.3, -0.25) is 4.98 Å². The second-order valence-electron chi connectivity index (χ2n) is 4.62. The number of hydrogen-bond donors (Lipinski definition) is 0. The van der Waals surface area contributed by atoms with Gasteiger partial charge in [0.2, 0.25) is 0 Å². The van der Waals surface area contributed by atoms with Crippen molar-refractivity contribution in [2.24, 2.45) is 5.41 Å². The highest BCUT2D eigenvalue weighted by Crippen LogP contribution is 2.46. The van der Waals surface area contributed by atoms with E-state index >= 15 is 0 Å². The third-order valence-corrected chi connectivity index (χ3v) is 2.23. The molecule has 0 saturated heterocycles. The van der Waals surface area contributed by atoms with Crippen LogP contribution in [-0.2, 0) is 0 Å². The zero-order valence-electron chi connectivity index (χ0n) is 8.97. The van der Waals surface area contributed by atoms with E-state index in [0.717, 1.165) is 0 Å². The summed E-state index contributed by atoms with van der Waals surface area (Å²) in [6, 6.07) is 2.84. The van der Waals surface area contributed by atoms with Crippen LogP contribution in [0.4, 0.5) is 13.2 Å². The summed E-state index contributed by atoms with van der Waals surface area (Å²) in [5.41, 5.74) is -0.579. The summed E-state index contributed by atoms with van der Waals surface area (Å²) < 4.78 is 38.6. The number of alkyl halides is 3. The maximum absolute atomic E-state index is 12.9. The normalized spacial score (nSPS) is 15.1. The van der Waals surface area contributed by atoms with Crippen LogP contribution in [-0.4, -0.2) is 11.2 Å². The molecule has 4 heteroatoms. The summed E-state index contributed by atoms with van der Waals surface area (Å²) in [6.45, 7) is 4.77. The monoisotopic (exact) mass is 217 g/mol. The second kappa shape index (κ2) is 3.83. The lowest BCUT2D eigenvalue weighted by Gasteiger charge is -2.32. The van der Waals surface area contributed by atoms with E-state index in [1.54, 1.807) is 20.8 Å². The summed E-state index contributed by atoms with van der Waals surface area (Å²) in [4.78, 5) is 3.72. The van der Waals surface area contributed by atoms with Crippen molar-refractivity contribution in [3.8, 4) is 0 Å². The summed E-state index contributed by atoms with van der Waals surface area (Å²) in [6.07, 6.45) is -1.45. The average Bonchev–Trinajstić information content (AvgIpc) is 2.00. The SMILES string of the molecule is CC(C)(C)C(c1ccncc1)C(F)(F)F. The standard InChI is InChI=1S/C11H14F3N/c1-10(2,3)9(11(12,13)14)8-4-6-15-7-5-8/h4-7,9H,1-3H3. The Hall–Kier alpha value is -1.06. The molecule has 1 aromatic rings. The fourth-order valence-corrected chi connectivity index (χ4v) is 1.74. The lowest BCUT2D eigenvalue weighted by Crippen LogP contribution is -2.32. The molecule has 0 aliphatic rings. The Morgan fingerprint density at radius 1 is 1.07 bits per heavy atom. The van der Waals surface area contributed by atoms with Gasteiger partial charge in [0.25, 0.3) is 0 Å². The van der Waals surface area contributed by atoms with E-state index in [9.17, 15) is 13.2 Å². The van der Waals surface area contributed by atoms with Gasteiger partial charge in [-0.15, -0.1) is 0 Å². The molecule has 15 heavy (non-hydrogen) atoms. The lowest BCUT2D eigenvalue weighted by molar-refractivity contribution is -0.171. The molecular formula is C11H14F3N. The highest BCUT2D eigenvalue weighted by Gasteiger charge is 2.47. The van der Waals surface area contributed by atoms with Gasteiger partial charge in [0.15, 0.2) is 0 Å². The molecule has 1 heterocycles. The first-order valence-electron chi connectivity index (χ1n) is 4.69. The van der Waals surface area contributed by atoms with E-state index in [2.05, 4.69) is 4.98 Å². The maximum Gasteiger partial charge on any atom is 0.396 e. The molecule has 0 aliphatic carbocycles. The number of pyridine rings is 1. The number of nitrogens with zero attached hydrogens (tertiary/aromatic N) is 1. The van der Waals surface area contributed by atoms with Gasteiger partial charge in [-0.05, 0) is 23.1 Å². The highest BCUT2D eigenvalue weighted by molar-refractivity contribution is 5.20. The minimum absolute atomic E-state index is 0.269. The van der Waals surface area contributed by atoms with Crippen molar-refractivity contribution in [2.75, 3.05) is 0 Å². The Morgan fingerprint density at radius 2 is 1.53 bits per heavy atom. The zero-order valence-corrected chi connectivity index (χ0v) is 8.97. The number of hydrogen-bond acceptors (Lipinski definition) is 1. The van der Waals surface area contributed by atoms with Crippen LogP contribution < -0.4 is 0 Å². The van der Waals surface area contributed by atoms with Crippen LogP contribution >= 0.6 is 0 Å². The molecule has 1 unspecified atom stereocenters. The molecule has 0 bridgehead atoms. The van der Waals surface area contributed by atoms with Crippen molar-refractivity contribution in [1.29, 1.82) is 0 Å². The predicted molar refractivity (Wildman–Crippen MR) is 52.5 cm³/mol. The molecule has 1 rings (SSSR count). The van der Waals surface area contributed by atoms with Gasteiger partial charge in [0, 0.05) is 12.4 Å². The average molecular weight is 217 g/mol. The van der Waals surface area contributed by atoms with Gasteiger partial charge in [0.05, 0.1) is 5.92 Å². The lowest BCUT2D eigenvalue weighted by atomic mass is 9.76. The third kappa shape index (κ3) is 2.94. The molecule has 1 aromatic heterocycles. The van der Waals surface area contributed by atoms with Crippen LogP contribution in [0.5, 0.6) is 0 Å². The minimum atomic E-state index is -4.22. The minimum Gasteiger partial charge on any atom is -0.265 e. The van der Waals surface area contributed by atoms with Gasteiger partial charge in [-0.1, -0.05) is 20.8 Å². The smallest absolute Gasteiger partial charge is 0.265 e. The van der Waals surface area contributed by atoms with Gasteiger partial charge >= 0.3 is 6.18 Å². The fourth-order valence-electron chi connectivity index (χ4n) is 1.74. The van der Waals surface area contributed by atoms with E-state index in [-0.39, 0.29) is 5.56 Å². The predicted octanol–water partition coefficient (Wildman–Crippen LogP) is 3.77. The molecule has 0 aliphatic heterocycles. The Kier molecular flexibility index (Phi) is 3.07. The fraction of sp³-hybridized carbons (Fsp3) is 0.545. The van der Waals surface area contributed by atoms with Crippen LogP contribution in [0.1, 0.15) is 32.3 Å². The quantitative estimate of drug-likeness (QED) is 0.697. The summed E-state index contributed by atoms with van der Waals surface area (Å²) in [5.74, 6) is -1.45. The maximum atomic E-state index is 12.9. The molecule has 0 aromatic carbocycles. The van der Waals surface area contributed by atoms with Crippen molar-refractivity contribution in [3.05, 3.63) is 30.1 Å². The number of halogens is 3. The molecule has 0 spiro atoms. The molecule has 1 atom stereocenters. The highest BCUT2D eigenvalue weighted by atomic mass is 19.4.